The van der Waals surface area contributed by atoms with E-state index in [2.05, 4.69) is 16.0 Å². The zero-order chi connectivity index (χ0) is 25.6. The van der Waals surface area contributed by atoms with Crippen LogP contribution in [0, 0.1) is 5.92 Å². The number of likely N-dealkylation sites (N-methyl/N-ethyl adjacent to an activating group) is 1. The molecule has 0 spiro atoms. The van der Waals surface area contributed by atoms with Gasteiger partial charge in [-0.25, -0.2) is 0 Å². The second-order valence-electron chi connectivity index (χ2n) is 9.16. The van der Waals surface area contributed by atoms with Gasteiger partial charge >= 0.3 is 0 Å². The first kappa shape index (κ1) is 27.1. The van der Waals surface area contributed by atoms with Crippen molar-refractivity contribution in [3.8, 4) is 5.75 Å². The molecule has 1 aliphatic rings. The number of aliphatic hydroxyl groups is 1. The highest BCUT2D eigenvalue weighted by atomic mass is 16.5. The molecule has 1 aromatic rings. The summed E-state index contributed by atoms with van der Waals surface area (Å²) in [5, 5.41) is 18.1. The first-order valence-electron chi connectivity index (χ1n) is 11.4. The zero-order valence-corrected chi connectivity index (χ0v) is 20.6. The normalized spacial score (nSPS) is 25.6. The van der Waals surface area contributed by atoms with Crippen LogP contribution in [0.3, 0.4) is 0 Å². The molecule has 188 valence electrons. The number of methoxy groups -OCH3 is 1. The minimum atomic E-state index is -1.30. The number of carbonyl (C=O) groups excluding carboxylic acids is 4. The molecule has 10 nitrogen and oxygen atoms in total. The van der Waals surface area contributed by atoms with Gasteiger partial charge in [0, 0.05) is 13.5 Å². The van der Waals surface area contributed by atoms with Gasteiger partial charge < -0.3 is 30.7 Å². The van der Waals surface area contributed by atoms with Crippen molar-refractivity contribution in [1.82, 2.24) is 20.9 Å². The fraction of sp³-hybridized carbons (Fsp3) is 0.583. The predicted molar refractivity (Wildman–Crippen MR) is 126 cm³/mol. The van der Waals surface area contributed by atoms with Gasteiger partial charge in [0.1, 0.15) is 29.9 Å². The van der Waals surface area contributed by atoms with E-state index in [4.69, 9.17) is 4.74 Å². The SMILES string of the molecule is COc1ccc(C[C@@H]2NC(=O)[C@H](C)N(C)C(=O)[C@H](CC(C)C)NC(=O)[C@H]([C@@H](C)O)NC2=O)cc1. The van der Waals surface area contributed by atoms with Crippen molar-refractivity contribution >= 4 is 23.6 Å². The maximum absolute atomic E-state index is 13.2. The Morgan fingerprint density at radius 3 is 2.06 bits per heavy atom. The molecule has 0 unspecified atom stereocenters. The van der Waals surface area contributed by atoms with Gasteiger partial charge in [-0.3, -0.25) is 19.2 Å². The highest BCUT2D eigenvalue weighted by Gasteiger charge is 2.36. The molecule has 4 amide bonds. The van der Waals surface area contributed by atoms with Crippen LogP contribution >= 0.6 is 0 Å². The first-order valence-corrected chi connectivity index (χ1v) is 11.4. The van der Waals surface area contributed by atoms with E-state index in [0.29, 0.717) is 12.2 Å². The fourth-order valence-corrected chi connectivity index (χ4v) is 3.72. The number of amides is 4. The number of rotatable bonds is 6. The van der Waals surface area contributed by atoms with E-state index in [1.807, 2.05) is 13.8 Å². The van der Waals surface area contributed by atoms with Crippen molar-refractivity contribution in [1.29, 1.82) is 0 Å². The van der Waals surface area contributed by atoms with E-state index in [-0.39, 0.29) is 12.3 Å². The molecule has 4 N–H and O–H groups in total. The minimum Gasteiger partial charge on any atom is -0.497 e. The first-order chi connectivity index (χ1) is 15.9. The van der Waals surface area contributed by atoms with E-state index in [9.17, 15) is 24.3 Å². The van der Waals surface area contributed by atoms with Crippen LogP contribution in [0.15, 0.2) is 24.3 Å². The second-order valence-corrected chi connectivity index (χ2v) is 9.16. The van der Waals surface area contributed by atoms with Crippen LogP contribution in [0.2, 0.25) is 0 Å². The van der Waals surface area contributed by atoms with Crippen molar-refractivity contribution in [2.75, 3.05) is 14.2 Å². The Hall–Kier alpha value is -3.14. The molecule has 0 radical (unpaired) electrons. The van der Waals surface area contributed by atoms with Crippen LogP contribution < -0.4 is 20.7 Å². The van der Waals surface area contributed by atoms with Crippen LogP contribution in [-0.4, -0.2) is 78.1 Å². The number of hydrogen-bond acceptors (Lipinski definition) is 6. The van der Waals surface area contributed by atoms with Gasteiger partial charge in [0.15, 0.2) is 0 Å². The maximum Gasteiger partial charge on any atom is 0.245 e. The number of hydrogen-bond donors (Lipinski definition) is 4. The lowest BCUT2D eigenvalue weighted by Crippen LogP contribution is -2.63. The number of benzene rings is 1. The smallest absolute Gasteiger partial charge is 0.245 e. The van der Waals surface area contributed by atoms with Gasteiger partial charge in [0.05, 0.1) is 13.2 Å². The lowest BCUT2D eigenvalue weighted by atomic mass is 10.00. The van der Waals surface area contributed by atoms with E-state index >= 15 is 0 Å². The minimum absolute atomic E-state index is 0.0770. The summed E-state index contributed by atoms with van der Waals surface area (Å²) in [6, 6.07) is 2.89. The molecule has 0 aromatic heterocycles. The Morgan fingerprint density at radius 1 is 0.941 bits per heavy atom. The van der Waals surface area contributed by atoms with Crippen LogP contribution in [0.25, 0.3) is 0 Å². The summed E-state index contributed by atoms with van der Waals surface area (Å²) < 4.78 is 5.15. The Kier molecular flexibility index (Phi) is 9.43. The molecule has 1 aromatic carbocycles. The number of aliphatic hydroxyl groups excluding tert-OH is 1. The molecule has 1 heterocycles. The van der Waals surface area contributed by atoms with Crippen molar-refractivity contribution < 1.29 is 29.0 Å². The van der Waals surface area contributed by atoms with Crippen molar-refractivity contribution in [3.63, 3.8) is 0 Å². The quantitative estimate of drug-likeness (QED) is 0.455. The van der Waals surface area contributed by atoms with Gasteiger partial charge in [-0.15, -0.1) is 0 Å². The van der Waals surface area contributed by atoms with E-state index in [1.165, 1.54) is 18.9 Å². The standard InChI is InChI=1S/C24H36N4O6/c1-13(2)11-19-24(33)28(5)14(3)21(30)25-18(12-16-7-9-17(34-6)10-8-16)22(31)27-20(15(4)29)23(32)26-19/h7-10,13-15,18-20,29H,11-12H2,1-6H3,(H,25,30)(H,26,32)(H,27,31)/t14-,15+,18-,19-,20-/m0/s1. The summed E-state index contributed by atoms with van der Waals surface area (Å²) in [6.07, 6.45) is -0.754. The Balaban J connectivity index is 2.40. The topological polar surface area (TPSA) is 137 Å². The molecular weight excluding hydrogens is 440 g/mol. The van der Waals surface area contributed by atoms with Crippen LogP contribution in [-0.2, 0) is 25.6 Å². The molecule has 0 aliphatic carbocycles. The van der Waals surface area contributed by atoms with Crippen LogP contribution in [0.4, 0.5) is 0 Å². The highest BCUT2D eigenvalue weighted by Crippen LogP contribution is 2.15. The molecular formula is C24H36N4O6. The Morgan fingerprint density at radius 2 is 1.53 bits per heavy atom. The van der Waals surface area contributed by atoms with E-state index in [0.717, 1.165) is 5.56 Å². The van der Waals surface area contributed by atoms with Crippen molar-refractivity contribution in [2.24, 2.45) is 5.92 Å². The molecule has 1 aliphatic heterocycles. The van der Waals surface area contributed by atoms with Gasteiger partial charge in [0.2, 0.25) is 23.6 Å². The average molecular weight is 477 g/mol. The summed E-state index contributed by atoms with van der Waals surface area (Å²) in [6.45, 7) is 6.75. The van der Waals surface area contributed by atoms with Crippen molar-refractivity contribution in [3.05, 3.63) is 29.8 Å². The molecule has 34 heavy (non-hydrogen) atoms. The van der Waals surface area contributed by atoms with Gasteiger partial charge in [-0.2, -0.15) is 0 Å². The van der Waals surface area contributed by atoms with Gasteiger partial charge in [-0.05, 0) is 43.9 Å². The lowest BCUT2D eigenvalue weighted by molar-refractivity contribution is -0.144. The monoisotopic (exact) mass is 476 g/mol. The third-order valence-corrected chi connectivity index (χ3v) is 5.92. The molecule has 2 rings (SSSR count). The third-order valence-electron chi connectivity index (χ3n) is 5.92. The molecule has 10 heteroatoms. The number of carbonyl (C=O) groups is 4. The largest absolute Gasteiger partial charge is 0.497 e. The lowest BCUT2D eigenvalue weighted by Gasteiger charge is -2.33. The summed E-state index contributed by atoms with van der Waals surface area (Å²) in [7, 11) is 3.03. The summed E-state index contributed by atoms with van der Waals surface area (Å²) >= 11 is 0. The summed E-state index contributed by atoms with van der Waals surface area (Å²) in [5.41, 5.74) is 0.750. The van der Waals surface area contributed by atoms with Crippen LogP contribution in [0.1, 0.15) is 39.7 Å². The number of ether oxygens (including phenoxy) is 1. The zero-order valence-electron chi connectivity index (χ0n) is 20.6. The number of nitrogens with zero attached hydrogens (tertiary/aromatic N) is 1. The molecule has 0 bridgehead atoms. The summed E-state index contributed by atoms with van der Waals surface area (Å²) in [4.78, 5) is 53.5. The predicted octanol–water partition coefficient (Wildman–Crippen LogP) is -0.0205. The Labute approximate surface area is 200 Å². The molecule has 5 atom stereocenters. The highest BCUT2D eigenvalue weighted by molar-refractivity contribution is 5.97. The van der Waals surface area contributed by atoms with Gasteiger partial charge in [0.25, 0.3) is 0 Å². The molecule has 1 saturated heterocycles. The number of nitrogens with one attached hydrogen (secondary N) is 3. The molecule has 1 fully saturated rings. The second kappa shape index (κ2) is 11.8. The van der Waals surface area contributed by atoms with Gasteiger partial charge in [-0.1, -0.05) is 26.0 Å². The van der Waals surface area contributed by atoms with Crippen molar-refractivity contribution in [2.45, 2.75) is 70.8 Å². The molecule has 0 saturated carbocycles. The maximum atomic E-state index is 13.2. The average Bonchev–Trinajstić information content (AvgIpc) is 2.79. The van der Waals surface area contributed by atoms with E-state index in [1.54, 1.807) is 38.3 Å². The summed E-state index contributed by atoms with van der Waals surface area (Å²) in [5.74, 6) is -1.49. The third kappa shape index (κ3) is 6.93. The van der Waals surface area contributed by atoms with Crippen LogP contribution in [0.5, 0.6) is 5.75 Å². The van der Waals surface area contributed by atoms with E-state index < -0.39 is 53.9 Å². The Bertz CT molecular complexity index is 886. The fourth-order valence-electron chi connectivity index (χ4n) is 3.72.